The topological polar surface area (TPSA) is 42.4 Å². The number of carbonyl (C=O) groups is 1. The summed E-state index contributed by atoms with van der Waals surface area (Å²) in [5, 5.41) is 0. The van der Waals surface area contributed by atoms with Crippen LogP contribution in [0.15, 0.2) is 24.5 Å². The largest absolute Gasteiger partial charge is 0.465 e. The molecule has 0 N–H and O–H groups in total. The van der Waals surface area contributed by atoms with E-state index in [2.05, 4.69) is 4.98 Å². The number of hydrogen-bond donors (Lipinski definition) is 0. The second kappa shape index (κ2) is 5.46. The monoisotopic (exact) mass is 208 g/mol. The smallest absolute Gasteiger partial charge is 0.327 e. The molecule has 1 heterocycles. The fourth-order valence-electron chi connectivity index (χ4n) is 1.41. The van der Waals surface area contributed by atoms with Crippen molar-refractivity contribution in [2.75, 3.05) is 20.7 Å². The lowest BCUT2D eigenvalue weighted by Crippen LogP contribution is -2.29. The summed E-state index contributed by atoms with van der Waals surface area (Å²) in [6.07, 6.45) is 3.34. The minimum Gasteiger partial charge on any atom is -0.465 e. The Morgan fingerprint density at radius 2 is 2.07 bits per heavy atom. The Kier molecular flexibility index (Phi) is 4.24. The zero-order valence-corrected chi connectivity index (χ0v) is 9.30. The predicted molar refractivity (Wildman–Crippen MR) is 57.3 cm³/mol. The number of hydrogen-bond acceptors (Lipinski definition) is 4. The van der Waals surface area contributed by atoms with Crippen LogP contribution >= 0.6 is 0 Å². The van der Waals surface area contributed by atoms with Crippen molar-refractivity contribution in [3.63, 3.8) is 0 Å². The SMILES string of the molecule is CCOC(=O)[C@@H](c1ccncc1)N(C)C. The third-order valence-electron chi connectivity index (χ3n) is 2.05. The van der Waals surface area contributed by atoms with Crippen molar-refractivity contribution in [1.29, 1.82) is 0 Å². The molecule has 15 heavy (non-hydrogen) atoms. The first-order chi connectivity index (χ1) is 7.16. The normalized spacial score (nSPS) is 12.5. The summed E-state index contributed by atoms with van der Waals surface area (Å²) >= 11 is 0. The fraction of sp³-hybridized carbons (Fsp3) is 0.455. The van der Waals surface area contributed by atoms with Crippen LogP contribution in [0.2, 0.25) is 0 Å². The number of ether oxygens (including phenoxy) is 1. The molecule has 0 radical (unpaired) electrons. The van der Waals surface area contributed by atoms with Gasteiger partial charge in [-0.25, -0.2) is 4.79 Å². The van der Waals surface area contributed by atoms with E-state index in [0.717, 1.165) is 5.56 Å². The second-order valence-corrected chi connectivity index (χ2v) is 3.40. The molecule has 4 heteroatoms. The van der Waals surface area contributed by atoms with Crippen LogP contribution in [0.5, 0.6) is 0 Å². The average molecular weight is 208 g/mol. The van der Waals surface area contributed by atoms with Gasteiger partial charge >= 0.3 is 5.97 Å². The third-order valence-corrected chi connectivity index (χ3v) is 2.05. The van der Waals surface area contributed by atoms with Crippen LogP contribution in [-0.2, 0) is 9.53 Å². The van der Waals surface area contributed by atoms with Gasteiger partial charge in [0.25, 0.3) is 0 Å². The maximum Gasteiger partial charge on any atom is 0.327 e. The average Bonchev–Trinajstić information content (AvgIpc) is 2.19. The number of aromatic nitrogens is 1. The van der Waals surface area contributed by atoms with Gasteiger partial charge in [0.1, 0.15) is 6.04 Å². The Bertz CT molecular complexity index is 312. The van der Waals surface area contributed by atoms with Gasteiger partial charge in [0.2, 0.25) is 0 Å². The van der Waals surface area contributed by atoms with E-state index in [1.165, 1.54) is 0 Å². The molecule has 1 rings (SSSR count). The van der Waals surface area contributed by atoms with E-state index in [1.54, 1.807) is 19.3 Å². The second-order valence-electron chi connectivity index (χ2n) is 3.40. The third kappa shape index (κ3) is 3.02. The maximum atomic E-state index is 11.7. The zero-order valence-electron chi connectivity index (χ0n) is 9.30. The Hall–Kier alpha value is -1.42. The first kappa shape index (κ1) is 11.7. The summed E-state index contributed by atoms with van der Waals surface area (Å²) in [7, 11) is 3.70. The van der Waals surface area contributed by atoms with Crippen molar-refractivity contribution in [3.05, 3.63) is 30.1 Å². The minimum atomic E-state index is -0.354. The number of likely N-dealkylation sites (N-methyl/N-ethyl adjacent to an activating group) is 1. The number of carbonyl (C=O) groups excluding carboxylic acids is 1. The molecular weight excluding hydrogens is 192 g/mol. The van der Waals surface area contributed by atoms with Crippen LogP contribution in [0.3, 0.4) is 0 Å². The summed E-state index contributed by atoms with van der Waals surface area (Å²) in [5.41, 5.74) is 0.897. The van der Waals surface area contributed by atoms with Crippen LogP contribution in [0.4, 0.5) is 0 Å². The van der Waals surface area contributed by atoms with E-state index in [-0.39, 0.29) is 12.0 Å². The molecule has 0 aromatic carbocycles. The van der Waals surface area contributed by atoms with Crippen molar-refractivity contribution < 1.29 is 9.53 Å². The van der Waals surface area contributed by atoms with Crippen molar-refractivity contribution in [2.45, 2.75) is 13.0 Å². The summed E-state index contributed by atoms with van der Waals surface area (Å²) in [4.78, 5) is 17.4. The minimum absolute atomic E-state index is 0.228. The van der Waals surface area contributed by atoms with Gasteiger partial charge in [-0.1, -0.05) is 0 Å². The van der Waals surface area contributed by atoms with E-state index in [0.29, 0.717) is 6.61 Å². The van der Waals surface area contributed by atoms with Gasteiger partial charge in [0, 0.05) is 12.4 Å². The lowest BCUT2D eigenvalue weighted by molar-refractivity contribution is -0.148. The number of nitrogens with zero attached hydrogens (tertiary/aromatic N) is 2. The molecule has 0 aliphatic rings. The highest BCUT2D eigenvalue weighted by Gasteiger charge is 2.23. The molecule has 0 spiro atoms. The lowest BCUT2D eigenvalue weighted by Gasteiger charge is -2.22. The molecule has 1 aromatic heterocycles. The van der Waals surface area contributed by atoms with E-state index in [4.69, 9.17) is 4.74 Å². The summed E-state index contributed by atoms with van der Waals surface area (Å²) in [6.45, 7) is 2.20. The van der Waals surface area contributed by atoms with E-state index in [1.807, 2.05) is 31.1 Å². The molecule has 0 unspecified atom stereocenters. The molecule has 0 bridgehead atoms. The molecule has 0 aliphatic heterocycles. The molecular formula is C11H16N2O2. The van der Waals surface area contributed by atoms with Crippen molar-refractivity contribution >= 4 is 5.97 Å². The van der Waals surface area contributed by atoms with Crippen LogP contribution in [-0.4, -0.2) is 36.6 Å². The molecule has 0 aliphatic carbocycles. The summed E-state index contributed by atoms with van der Waals surface area (Å²) in [6, 6.07) is 3.29. The molecule has 1 aromatic rings. The van der Waals surface area contributed by atoms with Crippen molar-refractivity contribution in [1.82, 2.24) is 9.88 Å². The van der Waals surface area contributed by atoms with Crippen LogP contribution in [0, 0.1) is 0 Å². The highest BCUT2D eigenvalue weighted by molar-refractivity contribution is 5.77. The van der Waals surface area contributed by atoms with Crippen LogP contribution in [0.25, 0.3) is 0 Å². The standard InChI is InChI=1S/C11H16N2O2/c1-4-15-11(14)10(13(2)3)9-5-7-12-8-6-9/h5-8,10H,4H2,1-3H3/t10-/m1/s1. The number of esters is 1. The highest BCUT2D eigenvalue weighted by Crippen LogP contribution is 2.18. The predicted octanol–water partition coefficient (Wildman–Crippen LogP) is 1.25. The Morgan fingerprint density at radius 1 is 1.47 bits per heavy atom. The molecule has 4 nitrogen and oxygen atoms in total. The molecule has 82 valence electrons. The van der Waals surface area contributed by atoms with Crippen molar-refractivity contribution in [2.24, 2.45) is 0 Å². The zero-order chi connectivity index (χ0) is 11.3. The van der Waals surface area contributed by atoms with Gasteiger partial charge in [-0.3, -0.25) is 9.88 Å². The van der Waals surface area contributed by atoms with Crippen LogP contribution < -0.4 is 0 Å². The first-order valence-corrected chi connectivity index (χ1v) is 4.89. The highest BCUT2D eigenvalue weighted by atomic mass is 16.5. The van der Waals surface area contributed by atoms with Gasteiger partial charge in [-0.15, -0.1) is 0 Å². The maximum absolute atomic E-state index is 11.7. The molecule has 0 saturated heterocycles. The Balaban J connectivity index is 2.88. The van der Waals surface area contributed by atoms with E-state index < -0.39 is 0 Å². The fourth-order valence-corrected chi connectivity index (χ4v) is 1.41. The lowest BCUT2D eigenvalue weighted by atomic mass is 10.1. The Morgan fingerprint density at radius 3 is 2.53 bits per heavy atom. The van der Waals surface area contributed by atoms with E-state index in [9.17, 15) is 4.79 Å². The summed E-state index contributed by atoms with van der Waals surface area (Å²) in [5.74, 6) is -0.228. The first-order valence-electron chi connectivity index (χ1n) is 4.89. The van der Waals surface area contributed by atoms with Crippen molar-refractivity contribution in [3.8, 4) is 0 Å². The molecule has 0 fully saturated rings. The molecule has 1 atom stereocenters. The van der Waals surface area contributed by atoms with Gasteiger partial charge in [-0.2, -0.15) is 0 Å². The Labute approximate surface area is 89.9 Å². The number of pyridine rings is 1. The van der Waals surface area contributed by atoms with Gasteiger partial charge < -0.3 is 4.74 Å². The summed E-state index contributed by atoms with van der Waals surface area (Å²) < 4.78 is 5.02. The van der Waals surface area contributed by atoms with Gasteiger partial charge in [0.05, 0.1) is 6.61 Å². The van der Waals surface area contributed by atoms with Gasteiger partial charge in [-0.05, 0) is 38.7 Å². The molecule has 0 saturated carbocycles. The quantitative estimate of drug-likeness (QED) is 0.698. The van der Waals surface area contributed by atoms with Crippen LogP contribution in [0.1, 0.15) is 18.5 Å². The van der Waals surface area contributed by atoms with Gasteiger partial charge in [0.15, 0.2) is 0 Å². The molecule has 0 amide bonds. The number of rotatable bonds is 4. The van der Waals surface area contributed by atoms with E-state index >= 15 is 0 Å².